The first-order valence-electron chi connectivity index (χ1n) is 4.56. The van der Waals surface area contributed by atoms with Gasteiger partial charge in [-0.25, -0.2) is 0 Å². The van der Waals surface area contributed by atoms with E-state index in [4.69, 9.17) is 22.1 Å². The van der Waals surface area contributed by atoms with Crippen LogP contribution < -0.4 is 10.5 Å². The Hall–Kier alpha value is -1.33. The largest absolute Gasteiger partial charge is 0.496 e. The number of anilines is 1. The van der Waals surface area contributed by atoms with Crippen LogP contribution in [0.3, 0.4) is 0 Å². The maximum absolute atomic E-state index is 6.07. The maximum atomic E-state index is 6.07. The number of nitrogen functional groups attached to an aromatic ring is 1. The van der Waals surface area contributed by atoms with Gasteiger partial charge in [-0.05, 0) is 24.6 Å². The molecule has 2 rings (SSSR count). The summed E-state index contributed by atoms with van der Waals surface area (Å²) in [7, 11) is 1.60. The first kappa shape index (κ1) is 11.2. The molecule has 0 atom stereocenters. The van der Waals surface area contributed by atoms with Crippen LogP contribution in [0.25, 0.3) is 11.3 Å². The van der Waals surface area contributed by atoms with Gasteiger partial charge in [0.15, 0.2) is 5.82 Å². The van der Waals surface area contributed by atoms with Crippen molar-refractivity contribution in [1.82, 2.24) is 8.75 Å². The van der Waals surface area contributed by atoms with E-state index in [-0.39, 0.29) is 0 Å². The minimum atomic E-state index is 0.392. The molecule has 0 spiro atoms. The number of methoxy groups -OCH3 is 1. The van der Waals surface area contributed by atoms with Gasteiger partial charge in [0.25, 0.3) is 0 Å². The Labute approximate surface area is 102 Å². The van der Waals surface area contributed by atoms with Crippen molar-refractivity contribution in [2.75, 3.05) is 12.8 Å². The molecular formula is C10H10ClN3OS. The van der Waals surface area contributed by atoms with E-state index in [1.807, 2.05) is 13.0 Å². The van der Waals surface area contributed by atoms with E-state index in [1.165, 1.54) is 0 Å². The Morgan fingerprint density at radius 3 is 2.69 bits per heavy atom. The molecule has 0 radical (unpaired) electrons. The Morgan fingerprint density at radius 2 is 2.12 bits per heavy atom. The number of halogens is 1. The molecule has 6 heteroatoms. The summed E-state index contributed by atoms with van der Waals surface area (Å²) in [6.45, 7) is 1.91. The maximum Gasteiger partial charge on any atom is 0.165 e. The average molecular weight is 256 g/mol. The van der Waals surface area contributed by atoms with E-state index in [1.54, 1.807) is 13.2 Å². The van der Waals surface area contributed by atoms with Crippen LogP contribution >= 0.6 is 23.3 Å². The second-order valence-corrected chi connectivity index (χ2v) is 4.24. The number of benzene rings is 1. The number of hydrogen-bond donors (Lipinski definition) is 1. The first-order chi connectivity index (χ1) is 7.63. The fourth-order valence-electron chi connectivity index (χ4n) is 1.39. The SMILES string of the molecule is COc1cc(C)c(Cl)cc1-c1nsnc1N. The second kappa shape index (κ2) is 4.27. The molecule has 0 saturated heterocycles. The van der Waals surface area contributed by atoms with Crippen LogP contribution in [0.4, 0.5) is 5.82 Å². The number of aryl methyl sites for hydroxylation is 1. The highest BCUT2D eigenvalue weighted by Crippen LogP contribution is 2.36. The van der Waals surface area contributed by atoms with Crippen molar-refractivity contribution in [2.24, 2.45) is 0 Å². The molecule has 1 aromatic heterocycles. The van der Waals surface area contributed by atoms with Crippen LogP contribution in [0.2, 0.25) is 5.02 Å². The molecule has 0 aliphatic heterocycles. The lowest BCUT2D eigenvalue weighted by Crippen LogP contribution is -1.93. The van der Waals surface area contributed by atoms with Gasteiger partial charge in [0.1, 0.15) is 11.4 Å². The summed E-state index contributed by atoms with van der Waals surface area (Å²) in [5.74, 6) is 1.09. The standard InChI is InChI=1S/C10H10ClN3OS/c1-5-3-8(15-2)6(4-7(5)11)9-10(12)14-16-13-9/h3-4H,1-2H3,(H2,12,14). The monoisotopic (exact) mass is 255 g/mol. The third-order valence-corrected chi connectivity index (χ3v) is 3.20. The molecule has 0 saturated carbocycles. The number of nitrogens with zero attached hydrogens (tertiary/aromatic N) is 2. The zero-order valence-corrected chi connectivity index (χ0v) is 10.4. The molecule has 0 amide bonds. The number of aromatic nitrogens is 2. The van der Waals surface area contributed by atoms with Crippen LogP contribution in [0, 0.1) is 6.92 Å². The van der Waals surface area contributed by atoms with E-state index in [0.29, 0.717) is 22.3 Å². The Balaban J connectivity index is 2.64. The van der Waals surface area contributed by atoms with Crippen molar-refractivity contribution < 1.29 is 4.74 Å². The van der Waals surface area contributed by atoms with Crippen molar-refractivity contribution in [3.8, 4) is 17.0 Å². The Morgan fingerprint density at radius 1 is 1.38 bits per heavy atom. The number of nitrogens with two attached hydrogens (primary N) is 1. The Kier molecular flexibility index (Phi) is 2.98. The van der Waals surface area contributed by atoms with E-state index in [0.717, 1.165) is 22.9 Å². The van der Waals surface area contributed by atoms with Crippen molar-refractivity contribution in [1.29, 1.82) is 0 Å². The summed E-state index contributed by atoms with van der Waals surface area (Å²) in [4.78, 5) is 0. The molecule has 0 aliphatic rings. The molecule has 84 valence electrons. The van der Waals surface area contributed by atoms with E-state index in [9.17, 15) is 0 Å². The summed E-state index contributed by atoms with van der Waals surface area (Å²) < 4.78 is 13.3. The molecule has 0 aliphatic carbocycles. The molecule has 0 unspecified atom stereocenters. The molecule has 1 heterocycles. The summed E-state index contributed by atoms with van der Waals surface area (Å²) in [6.07, 6.45) is 0. The normalized spacial score (nSPS) is 10.4. The lowest BCUT2D eigenvalue weighted by Gasteiger charge is -2.09. The van der Waals surface area contributed by atoms with Crippen LogP contribution in [0.15, 0.2) is 12.1 Å². The van der Waals surface area contributed by atoms with Gasteiger partial charge >= 0.3 is 0 Å². The topological polar surface area (TPSA) is 61.0 Å². The molecule has 4 nitrogen and oxygen atoms in total. The first-order valence-corrected chi connectivity index (χ1v) is 5.67. The third-order valence-electron chi connectivity index (χ3n) is 2.25. The van der Waals surface area contributed by atoms with Gasteiger partial charge in [0.05, 0.1) is 18.8 Å². The van der Waals surface area contributed by atoms with Gasteiger partial charge in [0.2, 0.25) is 0 Å². The van der Waals surface area contributed by atoms with Crippen molar-refractivity contribution in [3.05, 3.63) is 22.7 Å². The van der Waals surface area contributed by atoms with Gasteiger partial charge in [-0.1, -0.05) is 11.6 Å². The zero-order chi connectivity index (χ0) is 11.7. The summed E-state index contributed by atoms with van der Waals surface area (Å²) >= 11 is 7.14. The number of ether oxygens (including phenoxy) is 1. The quantitative estimate of drug-likeness (QED) is 0.896. The highest BCUT2D eigenvalue weighted by molar-refractivity contribution is 6.99. The van der Waals surface area contributed by atoms with E-state index >= 15 is 0 Å². The number of hydrogen-bond acceptors (Lipinski definition) is 5. The average Bonchev–Trinajstić information content (AvgIpc) is 2.68. The van der Waals surface area contributed by atoms with Gasteiger partial charge in [-0.15, -0.1) is 0 Å². The van der Waals surface area contributed by atoms with Crippen molar-refractivity contribution >= 4 is 29.1 Å². The van der Waals surface area contributed by atoms with E-state index in [2.05, 4.69) is 8.75 Å². The van der Waals surface area contributed by atoms with Crippen molar-refractivity contribution in [2.45, 2.75) is 6.92 Å². The Bertz CT molecular complexity index is 527. The fraction of sp³-hybridized carbons (Fsp3) is 0.200. The summed E-state index contributed by atoms with van der Waals surface area (Å²) in [6, 6.07) is 3.65. The van der Waals surface area contributed by atoms with Crippen molar-refractivity contribution in [3.63, 3.8) is 0 Å². The van der Waals surface area contributed by atoms with E-state index < -0.39 is 0 Å². The fourth-order valence-corrected chi connectivity index (χ4v) is 2.04. The molecule has 2 N–H and O–H groups in total. The minimum Gasteiger partial charge on any atom is -0.496 e. The predicted octanol–water partition coefficient (Wildman–Crippen LogP) is 2.76. The smallest absolute Gasteiger partial charge is 0.165 e. The molecule has 0 bridgehead atoms. The molecule has 16 heavy (non-hydrogen) atoms. The third kappa shape index (κ3) is 1.83. The van der Waals surface area contributed by atoms with Gasteiger partial charge in [-0.2, -0.15) is 8.75 Å². The highest BCUT2D eigenvalue weighted by atomic mass is 35.5. The predicted molar refractivity (Wildman–Crippen MR) is 66.1 cm³/mol. The van der Waals surface area contributed by atoms with Crippen LogP contribution in [0.5, 0.6) is 5.75 Å². The summed E-state index contributed by atoms with van der Waals surface area (Å²) in [5, 5.41) is 0.656. The second-order valence-electron chi connectivity index (χ2n) is 3.30. The lowest BCUT2D eigenvalue weighted by atomic mass is 10.1. The molecule has 1 aromatic carbocycles. The van der Waals surface area contributed by atoms with Gasteiger partial charge in [-0.3, -0.25) is 0 Å². The van der Waals surface area contributed by atoms with Gasteiger partial charge < -0.3 is 10.5 Å². The molecular weight excluding hydrogens is 246 g/mol. The minimum absolute atomic E-state index is 0.392. The number of rotatable bonds is 2. The van der Waals surface area contributed by atoms with Crippen LogP contribution in [-0.2, 0) is 0 Å². The highest BCUT2D eigenvalue weighted by Gasteiger charge is 2.14. The lowest BCUT2D eigenvalue weighted by molar-refractivity contribution is 0.416. The van der Waals surface area contributed by atoms with Gasteiger partial charge in [0, 0.05) is 10.6 Å². The summed E-state index contributed by atoms with van der Waals surface area (Å²) in [5.41, 5.74) is 8.05. The van der Waals surface area contributed by atoms with Crippen LogP contribution in [0.1, 0.15) is 5.56 Å². The molecule has 2 aromatic rings. The van der Waals surface area contributed by atoms with Crippen LogP contribution in [-0.4, -0.2) is 15.9 Å². The zero-order valence-electron chi connectivity index (χ0n) is 8.82. The molecule has 0 fully saturated rings.